The van der Waals surface area contributed by atoms with Crippen molar-refractivity contribution in [1.29, 1.82) is 0 Å². The van der Waals surface area contributed by atoms with E-state index in [0.29, 0.717) is 29.5 Å². The molecule has 2 amide bonds. The van der Waals surface area contributed by atoms with Gasteiger partial charge in [0, 0.05) is 42.9 Å². The third-order valence-electron chi connectivity index (χ3n) is 9.93. The van der Waals surface area contributed by atoms with Crippen LogP contribution in [0.2, 0.25) is 0 Å². The molecule has 2 saturated carbocycles. The Kier molecular flexibility index (Phi) is 11.4. The highest BCUT2D eigenvalue weighted by Crippen LogP contribution is 2.43. The summed E-state index contributed by atoms with van der Waals surface area (Å²) in [6.07, 6.45) is 7.49. The fraction of sp³-hybridized carbons (Fsp3) is 0.375. The molecule has 2 aromatic heterocycles. The van der Waals surface area contributed by atoms with Crippen LogP contribution in [-0.4, -0.2) is 68.4 Å². The molecule has 2 atom stereocenters. The molecule has 12 heteroatoms. The molecular weight excluding hydrogens is 660 g/mol. The van der Waals surface area contributed by atoms with E-state index in [1.807, 2.05) is 63.2 Å². The number of aliphatic hydroxyl groups excluding tert-OH is 2. The van der Waals surface area contributed by atoms with Crippen LogP contribution in [0.1, 0.15) is 98.8 Å². The number of nitrogens with one attached hydrogen (secondary N) is 4. The van der Waals surface area contributed by atoms with Crippen molar-refractivity contribution >= 4 is 29.2 Å². The van der Waals surface area contributed by atoms with Crippen LogP contribution in [0.15, 0.2) is 60.9 Å². The lowest BCUT2D eigenvalue weighted by Gasteiger charge is -2.18. The second-order valence-electron chi connectivity index (χ2n) is 13.9. The van der Waals surface area contributed by atoms with Crippen molar-refractivity contribution in [2.45, 2.75) is 83.5 Å². The van der Waals surface area contributed by atoms with Gasteiger partial charge < -0.3 is 31.3 Å². The first-order valence-electron chi connectivity index (χ1n) is 17.8. The molecule has 2 fully saturated rings. The number of benzene rings is 2. The summed E-state index contributed by atoms with van der Waals surface area (Å²) in [6, 6.07) is 14.0. The standard InChI is InChI=1S/C40H46N6O6/c1-22(20-47)41-16-27-17-42-35(14-31(27)25-10-11-25)38(49)45-33-8-4-6-29(23(33)2)30-7-5-9-34(24(30)3)46-39(50)36-15-32(26-12-13-26)28(18-43-36)19-44-37(21-48)40(51)52/h4-9,14-15,17-18,22,25-26,37,41,44,47-48H,10-13,16,19-21H2,1-3H3,(H,45,49)(H,46,50)(H,51,52)/t22-,37-/m1/s1. The molecule has 2 heterocycles. The van der Waals surface area contributed by atoms with Gasteiger partial charge in [-0.1, -0.05) is 24.3 Å². The summed E-state index contributed by atoms with van der Waals surface area (Å²) in [5, 5.41) is 40.3. The summed E-state index contributed by atoms with van der Waals surface area (Å²) < 4.78 is 0. The Bertz CT molecular complexity index is 1970. The van der Waals surface area contributed by atoms with Gasteiger partial charge in [0.1, 0.15) is 17.4 Å². The highest BCUT2D eigenvalue weighted by molar-refractivity contribution is 6.05. The predicted octanol–water partition coefficient (Wildman–Crippen LogP) is 5.03. The summed E-state index contributed by atoms with van der Waals surface area (Å²) in [7, 11) is 0. The van der Waals surface area contributed by atoms with Gasteiger partial charge in [0.2, 0.25) is 0 Å². The Morgan fingerprint density at radius 2 is 1.19 bits per heavy atom. The maximum atomic E-state index is 13.5. The lowest BCUT2D eigenvalue weighted by Crippen LogP contribution is -2.39. The topological polar surface area (TPSA) is 186 Å². The van der Waals surface area contributed by atoms with E-state index < -0.39 is 18.6 Å². The van der Waals surface area contributed by atoms with E-state index in [1.54, 1.807) is 18.5 Å². The third kappa shape index (κ3) is 8.54. The maximum absolute atomic E-state index is 13.5. The summed E-state index contributed by atoms with van der Waals surface area (Å²) in [6.45, 7) is 6.12. The minimum absolute atomic E-state index is 0.0369. The number of carbonyl (C=O) groups excluding carboxylic acids is 2. The molecule has 6 rings (SSSR count). The van der Waals surface area contributed by atoms with Gasteiger partial charge in [0.05, 0.1) is 13.2 Å². The number of aliphatic carboxylic acids is 1. The average molecular weight is 707 g/mol. The monoisotopic (exact) mass is 706 g/mol. The number of carboxylic acids is 1. The van der Waals surface area contributed by atoms with E-state index in [9.17, 15) is 29.7 Å². The predicted molar refractivity (Wildman–Crippen MR) is 198 cm³/mol. The average Bonchev–Trinajstić information content (AvgIpc) is 4.07. The molecule has 2 aliphatic carbocycles. The van der Waals surface area contributed by atoms with Crippen molar-refractivity contribution in [2.24, 2.45) is 0 Å². The normalized spacial score (nSPS) is 15.2. The lowest BCUT2D eigenvalue weighted by atomic mass is 9.94. The zero-order valence-electron chi connectivity index (χ0n) is 29.7. The lowest BCUT2D eigenvalue weighted by molar-refractivity contribution is -0.140. The molecule has 2 aliphatic rings. The Hall–Kier alpha value is -5.01. The van der Waals surface area contributed by atoms with Crippen molar-refractivity contribution in [2.75, 3.05) is 23.8 Å². The molecule has 0 unspecified atom stereocenters. The highest BCUT2D eigenvalue weighted by Gasteiger charge is 2.29. The third-order valence-corrected chi connectivity index (χ3v) is 9.93. The van der Waals surface area contributed by atoms with Crippen LogP contribution in [0.4, 0.5) is 11.4 Å². The van der Waals surface area contributed by atoms with Crippen LogP contribution < -0.4 is 21.3 Å². The van der Waals surface area contributed by atoms with Crippen molar-refractivity contribution in [3.63, 3.8) is 0 Å². The number of aromatic nitrogens is 2. The van der Waals surface area contributed by atoms with Crippen LogP contribution in [0.25, 0.3) is 11.1 Å². The quantitative estimate of drug-likeness (QED) is 0.0834. The molecule has 0 aliphatic heterocycles. The van der Waals surface area contributed by atoms with E-state index in [2.05, 4.69) is 31.2 Å². The largest absolute Gasteiger partial charge is 0.480 e. The Morgan fingerprint density at radius 1 is 0.731 bits per heavy atom. The fourth-order valence-electron chi connectivity index (χ4n) is 6.40. The zero-order chi connectivity index (χ0) is 36.9. The van der Waals surface area contributed by atoms with E-state index in [4.69, 9.17) is 0 Å². The van der Waals surface area contributed by atoms with E-state index in [0.717, 1.165) is 70.2 Å². The summed E-state index contributed by atoms with van der Waals surface area (Å²) >= 11 is 0. The minimum atomic E-state index is -1.14. The molecule has 0 bridgehead atoms. The number of carbonyl (C=O) groups is 3. The van der Waals surface area contributed by atoms with Gasteiger partial charge in [0.15, 0.2) is 0 Å². The van der Waals surface area contributed by atoms with Gasteiger partial charge in [0.25, 0.3) is 11.8 Å². The number of pyridine rings is 2. The Labute approximate surface area is 303 Å². The van der Waals surface area contributed by atoms with Crippen LogP contribution in [0.5, 0.6) is 0 Å². The molecule has 2 aromatic carbocycles. The first-order chi connectivity index (χ1) is 25.1. The van der Waals surface area contributed by atoms with Gasteiger partial charge in [-0.25, -0.2) is 0 Å². The van der Waals surface area contributed by atoms with E-state index >= 15 is 0 Å². The van der Waals surface area contributed by atoms with Crippen molar-refractivity contribution in [3.8, 4) is 11.1 Å². The van der Waals surface area contributed by atoms with Gasteiger partial charge >= 0.3 is 5.97 Å². The first kappa shape index (κ1) is 36.8. The zero-order valence-corrected chi connectivity index (χ0v) is 29.7. The number of rotatable bonds is 16. The number of hydrogen-bond donors (Lipinski definition) is 7. The summed E-state index contributed by atoms with van der Waals surface area (Å²) in [5.74, 6) is -1.09. The van der Waals surface area contributed by atoms with Crippen molar-refractivity contribution in [3.05, 3.63) is 106 Å². The second kappa shape index (κ2) is 16.1. The maximum Gasteiger partial charge on any atom is 0.323 e. The second-order valence-corrected chi connectivity index (χ2v) is 13.9. The van der Waals surface area contributed by atoms with Crippen LogP contribution >= 0.6 is 0 Å². The summed E-state index contributed by atoms with van der Waals surface area (Å²) in [5.41, 5.74) is 9.35. The smallest absolute Gasteiger partial charge is 0.323 e. The number of nitrogens with zero attached hydrogens (tertiary/aromatic N) is 2. The molecule has 272 valence electrons. The highest BCUT2D eigenvalue weighted by atomic mass is 16.4. The van der Waals surface area contributed by atoms with Crippen molar-refractivity contribution < 1.29 is 29.7 Å². The molecule has 12 nitrogen and oxygen atoms in total. The number of anilines is 2. The molecule has 0 radical (unpaired) electrons. The first-order valence-corrected chi connectivity index (χ1v) is 17.8. The van der Waals surface area contributed by atoms with Gasteiger partial charge in [-0.05, 0) is 127 Å². The minimum Gasteiger partial charge on any atom is -0.480 e. The molecular formula is C40H46N6O6. The van der Waals surface area contributed by atoms with E-state index in [1.165, 1.54) is 0 Å². The SMILES string of the molecule is Cc1c(NC(=O)c2cc(C3CC3)c(CN[C@H](C)CO)cn2)cccc1-c1cccc(NC(=O)c2cc(C3CC3)c(CN[C@H](CO)C(=O)O)cn2)c1C. The van der Waals surface area contributed by atoms with Gasteiger partial charge in [-0.2, -0.15) is 0 Å². The molecule has 7 N–H and O–H groups in total. The Morgan fingerprint density at radius 3 is 1.60 bits per heavy atom. The Balaban J connectivity index is 1.18. The molecule has 0 spiro atoms. The van der Waals surface area contributed by atoms with Gasteiger partial charge in [-0.15, -0.1) is 0 Å². The van der Waals surface area contributed by atoms with Gasteiger partial charge in [-0.3, -0.25) is 29.7 Å². The molecule has 0 saturated heterocycles. The number of hydrogen-bond acceptors (Lipinski definition) is 9. The molecule has 4 aromatic rings. The van der Waals surface area contributed by atoms with Crippen LogP contribution in [-0.2, 0) is 17.9 Å². The molecule has 52 heavy (non-hydrogen) atoms. The number of carboxylic acid groups (broad SMARTS) is 1. The number of aliphatic hydroxyl groups is 2. The summed E-state index contributed by atoms with van der Waals surface area (Å²) in [4.78, 5) is 47.2. The van der Waals surface area contributed by atoms with E-state index in [-0.39, 0.29) is 42.6 Å². The van der Waals surface area contributed by atoms with Crippen LogP contribution in [0, 0.1) is 13.8 Å². The fourth-order valence-corrected chi connectivity index (χ4v) is 6.40. The number of amides is 2. The van der Waals surface area contributed by atoms with Crippen LogP contribution in [0.3, 0.4) is 0 Å². The van der Waals surface area contributed by atoms with Crippen molar-refractivity contribution in [1.82, 2.24) is 20.6 Å².